The van der Waals surface area contributed by atoms with Gasteiger partial charge in [0.2, 0.25) is 5.91 Å². The maximum Gasteiger partial charge on any atom is 0.435 e. The van der Waals surface area contributed by atoms with Crippen molar-refractivity contribution in [2.75, 3.05) is 5.43 Å². The number of nitrogens with zero attached hydrogens (tertiary/aromatic N) is 2. The van der Waals surface area contributed by atoms with Gasteiger partial charge >= 0.3 is 6.18 Å². The molecular formula is C15H15F3N4O2. The van der Waals surface area contributed by atoms with E-state index in [9.17, 15) is 23.1 Å². The highest BCUT2D eigenvalue weighted by atomic mass is 19.4. The summed E-state index contributed by atoms with van der Waals surface area (Å²) in [4.78, 5) is 11.9. The number of aromatic nitrogens is 2. The lowest BCUT2D eigenvalue weighted by atomic mass is 9.92. The molecule has 1 aromatic heterocycles. The van der Waals surface area contributed by atoms with Gasteiger partial charge in [-0.15, -0.1) is 10.2 Å². The summed E-state index contributed by atoms with van der Waals surface area (Å²) in [5, 5.41) is 16.7. The lowest BCUT2D eigenvalue weighted by molar-refractivity contribution is -0.141. The van der Waals surface area contributed by atoms with Crippen molar-refractivity contribution in [2.45, 2.75) is 25.1 Å². The van der Waals surface area contributed by atoms with E-state index in [2.05, 4.69) is 21.0 Å². The Morgan fingerprint density at radius 2 is 1.79 bits per heavy atom. The fourth-order valence-electron chi connectivity index (χ4n) is 1.94. The Morgan fingerprint density at radius 1 is 1.12 bits per heavy atom. The smallest absolute Gasteiger partial charge is 0.385 e. The molecule has 0 aliphatic heterocycles. The van der Waals surface area contributed by atoms with Crippen molar-refractivity contribution >= 4 is 11.7 Å². The number of carbonyl (C=O) groups is 1. The molecular weight excluding hydrogens is 325 g/mol. The van der Waals surface area contributed by atoms with Crippen LogP contribution in [0.3, 0.4) is 0 Å². The van der Waals surface area contributed by atoms with Crippen molar-refractivity contribution in [1.82, 2.24) is 15.6 Å². The largest absolute Gasteiger partial charge is 0.435 e. The normalized spacial score (nSPS) is 13.9. The monoisotopic (exact) mass is 340 g/mol. The highest BCUT2D eigenvalue weighted by Crippen LogP contribution is 2.27. The van der Waals surface area contributed by atoms with Gasteiger partial charge in [0, 0.05) is 0 Å². The number of hydrazine groups is 1. The lowest BCUT2D eigenvalue weighted by Gasteiger charge is -2.23. The van der Waals surface area contributed by atoms with Crippen molar-refractivity contribution in [3.8, 4) is 0 Å². The van der Waals surface area contributed by atoms with Crippen molar-refractivity contribution < 1.29 is 23.1 Å². The third kappa shape index (κ3) is 4.66. The molecule has 1 unspecified atom stereocenters. The molecule has 6 nitrogen and oxygen atoms in total. The van der Waals surface area contributed by atoms with Crippen LogP contribution in [0.1, 0.15) is 24.6 Å². The van der Waals surface area contributed by atoms with Gasteiger partial charge in [-0.25, -0.2) is 0 Å². The Hall–Kier alpha value is -2.68. The molecule has 128 valence electrons. The molecule has 0 spiro atoms. The average Bonchev–Trinajstić information content (AvgIpc) is 2.53. The molecule has 2 rings (SSSR count). The number of aliphatic hydroxyl groups is 1. The molecule has 1 amide bonds. The zero-order chi connectivity index (χ0) is 17.8. The second kappa shape index (κ2) is 6.83. The van der Waals surface area contributed by atoms with E-state index >= 15 is 0 Å². The molecule has 0 aliphatic carbocycles. The number of nitrogens with one attached hydrogen (secondary N) is 2. The number of hydrogen-bond acceptors (Lipinski definition) is 5. The van der Waals surface area contributed by atoms with Crippen LogP contribution in [0.5, 0.6) is 0 Å². The van der Waals surface area contributed by atoms with Crippen LogP contribution in [0.2, 0.25) is 0 Å². The van der Waals surface area contributed by atoms with Crippen LogP contribution in [0.25, 0.3) is 0 Å². The van der Waals surface area contributed by atoms with Gasteiger partial charge in [0.05, 0.1) is 12.0 Å². The van der Waals surface area contributed by atoms with Crippen LogP contribution in [0.4, 0.5) is 19.0 Å². The summed E-state index contributed by atoms with van der Waals surface area (Å²) in [7, 11) is 0. The zero-order valence-corrected chi connectivity index (χ0v) is 12.6. The summed E-state index contributed by atoms with van der Waals surface area (Å²) in [5.41, 5.74) is 2.64. The number of amides is 1. The van der Waals surface area contributed by atoms with E-state index in [0.717, 1.165) is 12.1 Å². The molecule has 0 fully saturated rings. The maximum atomic E-state index is 12.4. The van der Waals surface area contributed by atoms with E-state index in [1.165, 1.54) is 6.92 Å². The van der Waals surface area contributed by atoms with E-state index in [-0.39, 0.29) is 12.2 Å². The number of anilines is 1. The third-order valence-corrected chi connectivity index (χ3v) is 3.19. The highest BCUT2D eigenvalue weighted by molar-refractivity contribution is 5.78. The van der Waals surface area contributed by atoms with Gasteiger partial charge in [0.1, 0.15) is 0 Å². The molecule has 0 bridgehead atoms. The minimum Gasteiger partial charge on any atom is -0.385 e. The van der Waals surface area contributed by atoms with E-state index < -0.39 is 23.4 Å². The van der Waals surface area contributed by atoms with E-state index in [0.29, 0.717) is 5.56 Å². The molecule has 0 saturated carbocycles. The number of alkyl halides is 3. The molecule has 0 saturated heterocycles. The third-order valence-electron chi connectivity index (χ3n) is 3.19. The summed E-state index contributed by atoms with van der Waals surface area (Å²) in [6.45, 7) is 1.49. The number of hydrogen-bond donors (Lipinski definition) is 3. The molecule has 1 heterocycles. The Labute approximate surface area is 135 Å². The average molecular weight is 340 g/mol. The van der Waals surface area contributed by atoms with Crippen molar-refractivity contribution in [1.29, 1.82) is 0 Å². The molecule has 1 aromatic carbocycles. The minimum absolute atomic E-state index is 0.0595. The number of rotatable bonds is 5. The fraction of sp³-hybridized carbons (Fsp3) is 0.267. The second-order valence-electron chi connectivity index (χ2n) is 5.29. The number of benzene rings is 1. The summed E-state index contributed by atoms with van der Waals surface area (Å²) in [6.07, 6.45) is -4.83. The van der Waals surface area contributed by atoms with Gasteiger partial charge in [-0.2, -0.15) is 13.2 Å². The predicted molar refractivity (Wildman–Crippen MR) is 79.4 cm³/mol. The van der Waals surface area contributed by atoms with E-state index in [1.807, 2.05) is 0 Å². The Balaban J connectivity index is 1.91. The van der Waals surface area contributed by atoms with Gasteiger partial charge in [-0.1, -0.05) is 30.3 Å². The van der Waals surface area contributed by atoms with Gasteiger partial charge < -0.3 is 5.11 Å². The second-order valence-corrected chi connectivity index (χ2v) is 5.29. The van der Waals surface area contributed by atoms with Crippen molar-refractivity contribution in [3.63, 3.8) is 0 Å². The fourth-order valence-corrected chi connectivity index (χ4v) is 1.94. The summed E-state index contributed by atoms with van der Waals surface area (Å²) >= 11 is 0. The Bertz CT molecular complexity index is 688. The van der Waals surface area contributed by atoms with E-state index in [1.54, 1.807) is 30.3 Å². The van der Waals surface area contributed by atoms with Crippen molar-refractivity contribution in [2.24, 2.45) is 0 Å². The van der Waals surface area contributed by atoms with Gasteiger partial charge in [0.25, 0.3) is 0 Å². The standard InChI is InChI=1S/C15H15F3N4O2/c1-14(24,10-5-3-2-4-6-10)9-13(23)22-21-12-8-7-11(19-20-12)15(16,17)18/h2-8,24H,9H2,1H3,(H,20,21)(H,22,23). The Kier molecular flexibility index (Phi) is 5.03. The topological polar surface area (TPSA) is 87.1 Å². The van der Waals surface area contributed by atoms with Crippen molar-refractivity contribution in [3.05, 3.63) is 53.7 Å². The summed E-state index contributed by atoms with van der Waals surface area (Å²) in [6, 6.07) is 10.4. The van der Waals surface area contributed by atoms with E-state index in [4.69, 9.17) is 0 Å². The SMILES string of the molecule is CC(O)(CC(=O)NNc1ccc(C(F)(F)F)nn1)c1ccccc1. The van der Waals surface area contributed by atoms with Crippen LogP contribution in [0, 0.1) is 0 Å². The predicted octanol–water partition coefficient (Wildman–Crippen LogP) is 2.24. The highest BCUT2D eigenvalue weighted by Gasteiger charge is 2.33. The van der Waals surface area contributed by atoms with Gasteiger partial charge in [0.15, 0.2) is 11.5 Å². The van der Waals surface area contributed by atoms with Crippen LogP contribution in [-0.2, 0) is 16.6 Å². The maximum absolute atomic E-state index is 12.4. The summed E-state index contributed by atoms with van der Waals surface area (Å²) in [5.74, 6) is -0.624. The quantitative estimate of drug-likeness (QED) is 0.727. The first kappa shape index (κ1) is 17.7. The lowest BCUT2D eigenvalue weighted by Crippen LogP contribution is -2.36. The van der Waals surface area contributed by atoms with Crippen LogP contribution < -0.4 is 10.9 Å². The number of carbonyl (C=O) groups excluding carboxylic acids is 1. The van der Waals surface area contributed by atoms with Crippen LogP contribution in [-0.4, -0.2) is 21.2 Å². The number of halogens is 3. The molecule has 9 heteroatoms. The minimum atomic E-state index is -4.58. The zero-order valence-electron chi connectivity index (χ0n) is 12.6. The van der Waals surface area contributed by atoms with Gasteiger partial charge in [-0.05, 0) is 24.6 Å². The molecule has 0 aliphatic rings. The van der Waals surface area contributed by atoms with Crippen LogP contribution in [0.15, 0.2) is 42.5 Å². The molecule has 0 radical (unpaired) electrons. The molecule has 1 atom stereocenters. The summed E-state index contributed by atoms with van der Waals surface area (Å²) < 4.78 is 37.1. The molecule has 2 aromatic rings. The molecule has 3 N–H and O–H groups in total. The first-order valence-electron chi connectivity index (χ1n) is 6.92. The molecule has 24 heavy (non-hydrogen) atoms. The Morgan fingerprint density at radius 3 is 2.33 bits per heavy atom. The van der Waals surface area contributed by atoms with Gasteiger partial charge in [-0.3, -0.25) is 15.6 Å². The van der Waals surface area contributed by atoms with Crippen LogP contribution >= 0.6 is 0 Å². The first-order valence-corrected chi connectivity index (χ1v) is 6.92. The first-order chi connectivity index (χ1) is 11.2.